The predicted molar refractivity (Wildman–Crippen MR) is 56.0 cm³/mol. The number of nitrogens with one attached hydrogen (secondary N) is 1. The number of fused-ring (bicyclic) bond motifs is 4. The lowest BCUT2D eigenvalue weighted by Gasteiger charge is -2.26. The molecule has 80 valence electrons. The highest BCUT2D eigenvalue weighted by Crippen LogP contribution is 2.26. The number of amides is 1. The monoisotopic (exact) mass is 196 g/mol. The van der Waals surface area contributed by atoms with Gasteiger partial charge in [0.1, 0.15) is 0 Å². The van der Waals surface area contributed by atoms with Crippen molar-refractivity contribution in [3.05, 3.63) is 0 Å². The molecular formula is C11H20N2O. The van der Waals surface area contributed by atoms with Gasteiger partial charge in [-0.15, -0.1) is 0 Å². The van der Waals surface area contributed by atoms with E-state index in [-0.39, 0.29) is 5.91 Å². The van der Waals surface area contributed by atoms with E-state index in [4.69, 9.17) is 0 Å². The van der Waals surface area contributed by atoms with Gasteiger partial charge in [-0.05, 0) is 38.3 Å². The van der Waals surface area contributed by atoms with E-state index in [1.165, 1.54) is 32.4 Å². The first-order chi connectivity index (χ1) is 6.78. The van der Waals surface area contributed by atoms with Gasteiger partial charge in [-0.25, -0.2) is 0 Å². The number of nitrogens with zero attached hydrogens (tertiary/aromatic N) is 1. The van der Waals surface area contributed by atoms with E-state index in [0.717, 1.165) is 12.5 Å². The zero-order valence-electron chi connectivity index (χ0n) is 8.96. The minimum absolute atomic E-state index is 0.206. The number of rotatable bonds is 2. The lowest BCUT2D eigenvalue weighted by Crippen LogP contribution is -2.41. The summed E-state index contributed by atoms with van der Waals surface area (Å²) in [6, 6.07) is 0.414. The Bertz CT molecular complexity index is 195. The predicted octanol–water partition coefficient (Wildman–Crippen LogP) is 0.997. The van der Waals surface area contributed by atoms with Crippen LogP contribution < -0.4 is 5.32 Å². The van der Waals surface area contributed by atoms with Crippen LogP contribution in [0.25, 0.3) is 0 Å². The molecular weight excluding hydrogens is 176 g/mol. The van der Waals surface area contributed by atoms with Crippen LogP contribution >= 0.6 is 0 Å². The molecule has 0 aromatic heterocycles. The maximum atomic E-state index is 11.3. The third-order valence-electron chi connectivity index (χ3n) is 3.49. The molecule has 3 heterocycles. The molecule has 3 saturated heterocycles. The maximum absolute atomic E-state index is 11.3. The summed E-state index contributed by atoms with van der Waals surface area (Å²) < 4.78 is 0. The summed E-state index contributed by atoms with van der Waals surface area (Å²) in [4.78, 5) is 13.8. The van der Waals surface area contributed by atoms with Crippen molar-refractivity contribution >= 4 is 5.91 Å². The molecule has 0 spiro atoms. The van der Waals surface area contributed by atoms with Gasteiger partial charge >= 0.3 is 0 Å². The van der Waals surface area contributed by atoms with Crippen molar-refractivity contribution in [1.29, 1.82) is 0 Å². The first-order valence-corrected chi connectivity index (χ1v) is 5.79. The van der Waals surface area contributed by atoms with Crippen molar-refractivity contribution in [2.45, 2.75) is 38.6 Å². The van der Waals surface area contributed by atoms with Crippen molar-refractivity contribution in [3.8, 4) is 0 Å². The molecule has 14 heavy (non-hydrogen) atoms. The van der Waals surface area contributed by atoms with Crippen LogP contribution in [0.4, 0.5) is 0 Å². The molecule has 1 atom stereocenters. The van der Waals surface area contributed by atoms with E-state index in [1.807, 2.05) is 6.92 Å². The molecule has 1 N–H and O–H groups in total. The summed E-state index contributed by atoms with van der Waals surface area (Å²) in [5.41, 5.74) is 0. The molecule has 0 aromatic rings. The smallest absolute Gasteiger partial charge is 0.219 e. The Hall–Kier alpha value is -0.570. The number of carbonyl (C=O) groups excluding carboxylic acids is 1. The van der Waals surface area contributed by atoms with E-state index >= 15 is 0 Å². The molecule has 3 fully saturated rings. The van der Waals surface area contributed by atoms with Gasteiger partial charge in [0.2, 0.25) is 5.91 Å². The minimum Gasteiger partial charge on any atom is -0.352 e. The van der Waals surface area contributed by atoms with Gasteiger partial charge in [-0.1, -0.05) is 6.92 Å². The summed E-state index contributed by atoms with van der Waals surface area (Å²) in [7, 11) is 0. The van der Waals surface area contributed by atoms with Crippen molar-refractivity contribution in [1.82, 2.24) is 10.2 Å². The fraction of sp³-hybridized carbons (Fsp3) is 0.909. The molecule has 3 aliphatic heterocycles. The normalized spacial score (nSPS) is 36.5. The molecule has 0 saturated carbocycles. The van der Waals surface area contributed by atoms with Gasteiger partial charge in [-0.2, -0.15) is 0 Å². The third kappa shape index (κ3) is 2.27. The van der Waals surface area contributed by atoms with Crippen LogP contribution in [0.3, 0.4) is 0 Å². The van der Waals surface area contributed by atoms with Crippen molar-refractivity contribution in [2.75, 3.05) is 19.6 Å². The standard InChI is InChI=1S/C11H20N2O/c1-2-11(14)12-10-7-9-3-5-13(8-10)6-4-9/h9-10H,2-8H2,1H3,(H,12,14)/t10-/m1/s1. The lowest BCUT2D eigenvalue weighted by atomic mass is 9.94. The number of carbonyl (C=O) groups is 1. The molecule has 2 bridgehead atoms. The van der Waals surface area contributed by atoms with Gasteiger partial charge < -0.3 is 10.2 Å². The fourth-order valence-electron chi connectivity index (χ4n) is 2.63. The Morgan fingerprint density at radius 1 is 1.43 bits per heavy atom. The second-order valence-corrected chi connectivity index (χ2v) is 4.60. The van der Waals surface area contributed by atoms with Gasteiger partial charge in [-0.3, -0.25) is 4.79 Å². The fourth-order valence-corrected chi connectivity index (χ4v) is 2.63. The zero-order chi connectivity index (χ0) is 9.97. The van der Waals surface area contributed by atoms with E-state index in [9.17, 15) is 4.79 Å². The van der Waals surface area contributed by atoms with Crippen molar-refractivity contribution < 1.29 is 4.79 Å². The molecule has 0 aliphatic carbocycles. The molecule has 3 heteroatoms. The van der Waals surface area contributed by atoms with E-state index < -0.39 is 0 Å². The number of hydrogen-bond acceptors (Lipinski definition) is 2. The summed E-state index contributed by atoms with van der Waals surface area (Å²) in [5, 5.41) is 3.13. The first kappa shape index (κ1) is 9.97. The molecule has 3 nitrogen and oxygen atoms in total. The quantitative estimate of drug-likeness (QED) is 0.714. The lowest BCUT2D eigenvalue weighted by molar-refractivity contribution is -0.121. The maximum Gasteiger partial charge on any atom is 0.219 e. The van der Waals surface area contributed by atoms with Crippen LogP contribution in [0.15, 0.2) is 0 Å². The highest BCUT2D eigenvalue weighted by Gasteiger charge is 2.29. The van der Waals surface area contributed by atoms with Gasteiger partial charge in [0.15, 0.2) is 0 Å². The molecule has 0 unspecified atom stereocenters. The van der Waals surface area contributed by atoms with Crippen molar-refractivity contribution in [2.24, 2.45) is 5.92 Å². The van der Waals surface area contributed by atoms with Crippen LogP contribution in [-0.4, -0.2) is 36.5 Å². The Labute approximate surface area is 85.8 Å². The average molecular weight is 196 g/mol. The molecule has 1 amide bonds. The van der Waals surface area contributed by atoms with Gasteiger partial charge in [0, 0.05) is 19.0 Å². The average Bonchev–Trinajstić information content (AvgIpc) is 2.49. The molecule has 0 aromatic carbocycles. The van der Waals surface area contributed by atoms with Crippen LogP contribution in [0.5, 0.6) is 0 Å². The highest BCUT2D eigenvalue weighted by molar-refractivity contribution is 5.75. The summed E-state index contributed by atoms with van der Waals surface area (Å²) in [6.07, 6.45) is 4.47. The Balaban J connectivity index is 1.90. The Morgan fingerprint density at radius 3 is 2.79 bits per heavy atom. The zero-order valence-corrected chi connectivity index (χ0v) is 8.96. The summed E-state index contributed by atoms with van der Waals surface area (Å²) >= 11 is 0. The van der Waals surface area contributed by atoms with Gasteiger partial charge in [0.05, 0.1) is 0 Å². The Morgan fingerprint density at radius 2 is 2.14 bits per heavy atom. The van der Waals surface area contributed by atoms with Crippen LogP contribution in [0.2, 0.25) is 0 Å². The third-order valence-corrected chi connectivity index (χ3v) is 3.49. The topological polar surface area (TPSA) is 32.3 Å². The van der Waals surface area contributed by atoms with Gasteiger partial charge in [0.25, 0.3) is 0 Å². The second-order valence-electron chi connectivity index (χ2n) is 4.60. The second kappa shape index (κ2) is 4.30. The minimum atomic E-state index is 0.206. The SMILES string of the molecule is CCC(=O)N[C@@H]1CC2CCN(CC2)C1. The molecule has 0 radical (unpaired) electrons. The number of hydrogen-bond donors (Lipinski definition) is 1. The van der Waals surface area contributed by atoms with E-state index in [2.05, 4.69) is 10.2 Å². The largest absolute Gasteiger partial charge is 0.352 e. The van der Waals surface area contributed by atoms with E-state index in [1.54, 1.807) is 0 Å². The highest BCUT2D eigenvalue weighted by atomic mass is 16.1. The number of piperidine rings is 1. The van der Waals surface area contributed by atoms with Crippen LogP contribution in [-0.2, 0) is 4.79 Å². The summed E-state index contributed by atoms with van der Waals surface area (Å²) in [5.74, 6) is 1.06. The Kier molecular flexibility index (Phi) is 3.06. The van der Waals surface area contributed by atoms with Crippen LogP contribution in [0.1, 0.15) is 32.6 Å². The first-order valence-electron chi connectivity index (χ1n) is 5.79. The van der Waals surface area contributed by atoms with E-state index in [0.29, 0.717) is 12.5 Å². The molecule has 3 aliphatic rings. The van der Waals surface area contributed by atoms with Crippen LogP contribution in [0, 0.1) is 5.92 Å². The summed E-state index contributed by atoms with van der Waals surface area (Å²) in [6.45, 7) is 5.47. The van der Waals surface area contributed by atoms with Crippen molar-refractivity contribution in [3.63, 3.8) is 0 Å². The molecule has 3 rings (SSSR count).